The van der Waals surface area contributed by atoms with Gasteiger partial charge in [0.25, 0.3) is 0 Å². The van der Waals surface area contributed by atoms with E-state index in [-0.39, 0.29) is 0 Å². The van der Waals surface area contributed by atoms with Gasteiger partial charge in [-0.1, -0.05) is 30.3 Å². The highest BCUT2D eigenvalue weighted by Crippen LogP contribution is 2.26. The Bertz CT molecular complexity index is 653. The summed E-state index contributed by atoms with van der Waals surface area (Å²) in [6.07, 6.45) is 1.56. The fraction of sp³-hybridized carbons (Fsp3) is 0.412. The van der Waals surface area contributed by atoms with E-state index in [4.69, 9.17) is 5.73 Å². The molecule has 1 aromatic carbocycles. The molecule has 2 heterocycles. The lowest BCUT2D eigenvalue weighted by molar-refractivity contribution is 0.178. The number of nitrogens with zero attached hydrogens (tertiary/aromatic N) is 5. The Morgan fingerprint density at radius 3 is 2.54 bits per heavy atom. The van der Waals surface area contributed by atoms with Gasteiger partial charge in [0.2, 0.25) is 0 Å². The first-order valence-corrected chi connectivity index (χ1v) is 8.19. The summed E-state index contributed by atoms with van der Waals surface area (Å²) in [4.78, 5) is 13.0. The third-order valence-electron chi connectivity index (χ3n) is 4.25. The van der Waals surface area contributed by atoms with Gasteiger partial charge in [-0.05, 0) is 12.6 Å². The molecule has 0 unspecified atom stereocenters. The topological polar surface area (TPSA) is 73.5 Å². The summed E-state index contributed by atoms with van der Waals surface area (Å²) in [5.41, 5.74) is 11.4. The summed E-state index contributed by atoms with van der Waals surface area (Å²) in [5.74, 6) is 1.41. The van der Waals surface area contributed by atoms with E-state index >= 15 is 0 Å². The van der Waals surface area contributed by atoms with Gasteiger partial charge in [-0.15, -0.1) is 0 Å². The Kier molecular flexibility index (Phi) is 5.12. The van der Waals surface area contributed by atoms with E-state index in [0.717, 1.165) is 38.5 Å². The zero-order chi connectivity index (χ0) is 16.9. The van der Waals surface area contributed by atoms with Crippen LogP contribution >= 0.6 is 0 Å². The molecule has 7 nitrogen and oxygen atoms in total. The van der Waals surface area contributed by atoms with Gasteiger partial charge in [-0.3, -0.25) is 0 Å². The fourth-order valence-electron chi connectivity index (χ4n) is 2.78. The van der Waals surface area contributed by atoms with Crippen LogP contribution in [0.15, 0.2) is 36.7 Å². The molecule has 7 heteroatoms. The van der Waals surface area contributed by atoms with E-state index in [0.29, 0.717) is 11.5 Å². The molecule has 3 N–H and O–H groups in total. The maximum Gasteiger partial charge on any atom is 0.169 e. The molecule has 24 heavy (non-hydrogen) atoms. The van der Waals surface area contributed by atoms with Crippen LogP contribution < -0.4 is 16.1 Å². The summed E-state index contributed by atoms with van der Waals surface area (Å²) in [6.45, 7) is 4.68. The first-order chi connectivity index (χ1) is 11.6. The molecule has 2 aromatic rings. The van der Waals surface area contributed by atoms with Gasteiger partial charge in [-0.2, -0.15) is 0 Å². The van der Waals surface area contributed by atoms with E-state index in [2.05, 4.69) is 44.5 Å². The second-order valence-electron chi connectivity index (χ2n) is 6.20. The van der Waals surface area contributed by atoms with Crippen LogP contribution in [0.1, 0.15) is 5.56 Å². The number of hydrazine groups is 1. The van der Waals surface area contributed by atoms with E-state index in [9.17, 15) is 0 Å². The van der Waals surface area contributed by atoms with E-state index < -0.39 is 0 Å². The molecular formula is C17H25N7. The lowest BCUT2D eigenvalue weighted by atomic mass is 10.2. The summed E-state index contributed by atoms with van der Waals surface area (Å²) in [5, 5.41) is 2.15. The molecule has 1 aliphatic rings. The van der Waals surface area contributed by atoms with Crippen molar-refractivity contribution in [1.82, 2.24) is 19.9 Å². The number of hydrogen-bond acceptors (Lipinski definition) is 7. The number of piperazine rings is 1. The molecule has 0 spiro atoms. The highest BCUT2D eigenvalue weighted by Gasteiger charge is 2.17. The number of nitrogens with two attached hydrogens (primary N) is 1. The minimum Gasteiger partial charge on any atom is -0.393 e. The number of hydrogen-bond donors (Lipinski definition) is 2. The van der Waals surface area contributed by atoms with Crippen LogP contribution in [0, 0.1) is 0 Å². The highest BCUT2D eigenvalue weighted by molar-refractivity contribution is 5.74. The summed E-state index contributed by atoms with van der Waals surface area (Å²) in [7, 11) is 4.12. The van der Waals surface area contributed by atoms with E-state index in [1.165, 1.54) is 5.56 Å². The SMILES string of the molecule is CN1CCN(Nc2ncnc(N(C)Cc3ccccc3)c2N)CC1. The van der Waals surface area contributed by atoms with Gasteiger partial charge in [0, 0.05) is 39.8 Å². The lowest BCUT2D eigenvalue weighted by Crippen LogP contribution is -2.47. The standard InChI is InChI=1S/C17H25N7/c1-22-8-10-24(11-9-22)21-16-15(18)17(20-13-19-16)23(2)12-14-6-4-3-5-7-14/h3-7,13H,8-12,18H2,1-2H3,(H,19,20,21). The van der Waals surface area contributed by atoms with Crippen LogP contribution in [0.25, 0.3) is 0 Å². The van der Waals surface area contributed by atoms with Crippen molar-refractivity contribution in [3.63, 3.8) is 0 Å². The van der Waals surface area contributed by atoms with Crippen LogP contribution in [0.2, 0.25) is 0 Å². The summed E-state index contributed by atoms with van der Waals surface area (Å²) in [6, 6.07) is 10.3. The highest BCUT2D eigenvalue weighted by atomic mass is 15.5. The third kappa shape index (κ3) is 3.93. The number of aromatic nitrogens is 2. The number of likely N-dealkylation sites (N-methyl/N-ethyl adjacent to an activating group) is 1. The quantitative estimate of drug-likeness (QED) is 0.856. The van der Waals surface area contributed by atoms with Crippen LogP contribution in [0.4, 0.5) is 17.3 Å². The van der Waals surface area contributed by atoms with Gasteiger partial charge in [0.15, 0.2) is 11.6 Å². The number of nitrogens with one attached hydrogen (secondary N) is 1. The molecule has 0 aliphatic carbocycles. The molecular weight excluding hydrogens is 302 g/mol. The molecule has 0 amide bonds. The summed E-state index contributed by atoms with van der Waals surface area (Å²) < 4.78 is 0. The van der Waals surface area contributed by atoms with Crippen LogP contribution in [-0.2, 0) is 6.54 Å². The molecule has 0 radical (unpaired) electrons. The van der Waals surface area contributed by atoms with Crippen LogP contribution in [0.5, 0.6) is 0 Å². The molecule has 0 saturated carbocycles. The molecule has 128 valence electrons. The monoisotopic (exact) mass is 327 g/mol. The van der Waals surface area contributed by atoms with Crippen molar-refractivity contribution in [3.05, 3.63) is 42.2 Å². The lowest BCUT2D eigenvalue weighted by Gasteiger charge is -2.33. The largest absolute Gasteiger partial charge is 0.393 e. The number of anilines is 3. The Hall–Kier alpha value is -2.38. The zero-order valence-electron chi connectivity index (χ0n) is 14.3. The number of benzene rings is 1. The Balaban J connectivity index is 1.70. The number of rotatable bonds is 5. The fourth-order valence-corrected chi connectivity index (χ4v) is 2.78. The molecule has 1 saturated heterocycles. The van der Waals surface area contributed by atoms with E-state index in [1.54, 1.807) is 6.33 Å². The van der Waals surface area contributed by atoms with Gasteiger partial charge < -0.3 is 21.0 Å². The maximum atomic E-state index is 6.32. The Morgan fingerprint density at radius 2 is 1.83 bits per heavy atom. The predicted octanol–water partition coefficient (Wildman–Crippen LogP) is 1.27. The molecule has 0 atom stereocenters. The average molecular weight is 327 g/mol. The zero-order valence-corrected chi connectivity index (χ0v) is 14.3. The van der Waals surface area contributed by atoms with Gasteiger partial charge in [-0.25, -0.2) is 15.0 Å². The van der Waals surface area contributed by atoms with Crippen LogP contribution in [0.3, 0.4) is 0 Å². The molecule has 0 bridgehead atoms. The summed E-state index contributed by atoms with van der Waals surface area (Å²) >= 11 is 0. The Labute approximate surface area is 143 Å². The maximum absolute atomic E-state index is 6.32. The van der Waals surface area contributed by atoms with Gasteiger partial charge in [0.1, 0.15) is 12.0 Å². The first-order valence-electron chi connectivity index (χ1n) is 8.19. The first kappa shape index (κ1) is 16.5. The normalized spacial score (nSPS) is 16.1. The van der Waals surface area contributed by atoms with Crippen molar-refractivity contribution < 1.29 is 0 Å². The van der Waals surface area contributed by atoms with Crippen LogP contribution in [-0.4, -0.2) is 60.2 Å². The minimum absolute atomic E-state index is 0.579. The second kappa shape index (κ2) is 7.46. The molecule has 1 fully saturated rings. The van der Waals surface area contributed by atoms with Crippen molar-refractivity contribution in [2.75, 3.05) is 56.3 Å². The smallest absolute Gasteiger partial charge is 0.169 e. The van der Waals surface area contributed by atoms with Gasteiger partial charge in [0.05, 0.1) is 0 Å². The predicted molar refractivity (Wildman–Crippen MR) is 97.7 cm³/mol. The second-order valence-corrected chi connectivity index (χ2v) is 6.20. The van der Waals surface area contributed by atoms with E-state index in [1.807, 2.05) is 30.1 Å². The Morgan fingerprint density at radius 1 is 1.12 bits per heavy atom. The van der Waals surface area contributed by atoms with Crippen molar-refractivity contribution in [2.24, 2.45) is 0 Å². The minimum atomic E-state index is 0.579. The van der Waals surface area contributed by atoms with Gasteiger partial charge >= 0.3 is 0 Å². The average Bonchev–Trinajstić information content (AvgIpc) is 2.59. The number of nitrogen functional groups attached to an aromatic ring is 1. The third-order valence-corrected chi connectivity index (χ3v) is 4.25. The molecule has 3 rings (SSSR count). The van der Waals surface area contributed by atoms with Crippen molar-refractivity contribution in [1.29, 1.82) is 0 Å². The molecule has 1 aromatic heterocycles. The van der Waals surface area contributed by atoms with Crippen molar-refractivity contribution in [3.8, 4) is 0 Å². The van der Waals surface area contributed by atoms with Crippen molar-refractivity contribution >= 4 is 17.3 Å². The van der Waals surface area contributed by atoms with Crippen molar-refractivity contribution in [2.45, 2.75) is 6.54 Å². The molecule has 1 aliphatic heterocycles.